The highest BCUT2D eigenvalue weighted by atomic mass is 16.6. The first kappa shape index (κ1) is 14.1. The van der Waals surface area contributed by atoms with E-state index in [9.17, 15) is 9.59 Å². The van der Waals surface area contributed by atoms with Gasteiger partial charge in [0, 0.05) is 17.3 Å². The molecule has 1 aliphatic rings. The van der Waals surface area contributed by atoms with E-state index in [1.54, 1.807) is 42.5 Å². The molecule has 0 saturated carbocycles. The molecule has 0 unspecified atom stereocenters. The number of anilines is 1. The van der Waals surface area contributed by atoms with Crippen LogP contribution in [0.25, 0.3) is 0 Å². The number of Topliss-reactive ketones (excluding diaryl/α,β-unsaturated/α-hetero) is 1. The summed E-state index contributed by atoms with van der Waals surface area (Å²) in [5.41, 5.74) is 1.89. The Bertz CT molecular complexity index is 722. The van der Waals surface area contributed by atoms with E-state index < -0.39 is 11.7 Å². The van der Waals surface area contributed by atoms with E-state index >= 15 is 0 Å². The fourth-order valence-electron chi connectivity index (χ4n) is 2.15. The van der Waals surface area contributed by atoms with Gasteiger partial charge in [0.1, 0.15) is 13.2 Å². The van der Waals surface area contributed by atoms with Gasteiger partial charge >= 0.3 is 0 Å². The molecule has 1 N–H and O–H groups in total. The fraction of sp³-hybridized carbons (Fsp3) is 0.176. The van der Waals surface area contributed by atoms with Crippen molar-refractivity contribution < 1.29 is 19.1 Å². The molecule has 112 valence electrons. The highest BCUT2D eigenvalue weighted by molar-refractivity contribution is 6.46. The van der Waals surface area contributed by atoms with Gasteiger partial charge in [-0.2, -0.15) is 0 Å². The number of carbonyl (C=O) groups is 2. The van der Waals surface area contributed by atoms with Crippen LogP contribution in [0.4, 0.5) is 5.69 Å². The largest absolute Gasteiger partial charge is 0.486 e. The number of rotatable bonds is 3. The third-order valence-electron chi connectivity index (χ3n) is 3.32. The quantitative estimate of drug-likeness (QED) is 0.698. The standard InChI is InChI=1S/C17H15NO4/c1-11-2-4-12(5-3-11)16(19)17(20)18-13-6-7-14-15(10-13)22-9-8-21-14/h2-7,10H,8-9H2,1H3,(H,18,20). The predicted octanol–water partition coefficient (Wildman–Crippen LogP) is 2.59. The Balaban J connectivity index is 1.73. The molecule has 5 heteroatoms. The molecule has 22 heavy (non-hydrogen) atoms. The lowest BCUT2D eigenvalue weighted by Gasteiger charge is -2.18. The van der Waals surface area contributed by atoms with E-state index in [4.69, 9.17) is 9.47 Å². The van der Waals surface area contributed by atoms with E-state index in [0.29, 0.717) is 36.0 Å². The molecule has 0 atom stereocenters. The number of aryl methyl sites for hydroxylation is 1. The number of fused-ring (bicyclic) bond motifs is 1. The molecule has 1 amide bonds. The molecule has 0 radical (unpaired) electrons. The maximum absolute atomic E-state index is 12.1. The van der Waals surface area contributed by atoms with Crippen LogP contribution >= 0.6 is 0 Å². The Morgan fingerprint density at radius 2 is 1.64 bits per heavy atom. The summed E-state index contributed by atoms with van der Waals surface area (Å²) >= 11 is 0. The minimum absolute atomic E-state index is 0.362. The predicted molar refractivity (Wildman–Crippen MR) is 81.6 cm³/mol. The summed E-state index contributed by atoms with van der Waals surface area (Å²) in [5, 5.41) is 2.58. The SMILES string of the molecule is Cc1ccc(C(=O)C(=O)Nc2ccc3c(c2)OCCO3)cc1. The smallest absolute Gasteiger partial charge is 0.296 e. The van der Waals surface area contributed by atoms with Crippen LogP contribution in [-0.4, -0.2) is 24.9 Å². The Morgan fingerprint density at radius 3 is 2.36 bits per heavy atom. The van der Waals surface area contributed by atoms with Gasteiger partial charge in [0.2, 0.25) is 0 Å². The van der Waals surface area contributed by atoms with Crippen LogP contribution < -0.4 is 14.8 Å². The van der Waals surface area contributed by atoms with Crippen LogP contribution in [0.3, 0.4) is 0 Å². The van der Waals surface area contributed by atoms with Crippen LogP contribution in [0.1, 0.15) is 15.9 Å². The van der Waals surface area contributed by atoms with Crippen molar-refractivity contribution in [3.8, 4) is 11.5 Å². The molecule has 1 aliphatic heterocycles. The highest BCUT2D eigenvalue weighted by Crippen LogP contribution is 2.32. The third-order valence-corrected chi connectivity index (χ3v) is 3.32. The van der Waals surface area contributed by atoms with E-state index in [2.05, 4.69) is 5.32 Å². The zero-order valence-electron chi connectivity index (χ0n) is 12.1. The van der Waals surface area contributed by atoms with Crippen molar-refractivity contribution in [1.82, 2.24) is 0 Å². The van der Waals surface area contributed by atoms with Gasteiger partial charge in [0.25, 0.3) is 11.7 Å². The Kier molecular flexibility index (Phi) is 3.78. The zero-order chi connectivity index (χ0) is 15.5. The van der Waals surface area contributed by atoms with Crippen molar-refractivity contribution in [1.29, 1.82) is 0 Å². The number of benzene rings is 2. The van der Waals surface area contributed by atoms with Crippen molar-refractivity contribution >= 4 is 17.4 Å². The van der Waals surface area contributed by atoms with Gasteiger partial charge in [-0.1, -0.05) is 29.8 Å². The monoisotopic (exact) mass is 297 g/mol. The Morgan fingerprint density at radius 1 is 0.955 bits per heavy atom. The van der Waals surface area contributed by atoms with Crippen LogP contribution in [0.5, 0.6) is 11.5 Å². The van der Waals surface area contributed by atoms with E-state index in [0.717, 1.165) is 5.56 Å². The molecule has 1 heterocycles. The number of ketones is 1. The summed E-state index contributed by atoms with van der Waals surface area (Å²) in [7, 11) is 0. The van der Waals surface area contributed by atoms with Crippen LogP contribution in [0.2, 0.25) is 0 Å². The molecule has 0 fully saturated rings. The topological polar surface area (TPSA) is 64.6 Å². The third kappa shape index (κ3) is 2.93. The summed E-state index contributed by atoms with van der Waals surface area (Å²) in [6.45, 7) is 2.89. The maximum atomic E-state index is 12.1. The first-order valence-electron chi connectivity index (χ1n) is 6.95. The molecule has 0 spiro atoms. The number of carbonyl (C=O) groups excluding carboxylic acids is 2. The van der Waals surface area contributed by atoms with Gasteiger partial charge in [-0.15, -0.1) is 0 Å². The maximum Gasteiger partial charge on any atom is 0.296 e. The molecule has 3 rings (SSSR count). The van der Waals surface area contributed by atoms with Gasteiger partial charge in [-0.05, 0) is 19.1 Å². The number of hydrogen-bond donors (Lipinski definition) is 1. The van der Waals surface area contributed by atoms with E-state index in [1.807, 2.05) is 6.92 Å². The molecule has 0 aromatic heterocycles. The number of amides is 1. The molecular formula is C17H15NO4. The molecular weight excluding hydrogens is 282 g/mol. The summed E-state index contributed by atoms with van der Waals surface area (Å²) in [6, 6.07) is 11.9. The zero-order valence-corrected chi connectivity index (χ0v) is 12.1. The number of nitrogens with one attached hydrogen (secondary N) is 1. The van der Waals surface area contributed by atoms with Gasteiger partial charge in [-0.3, -0.25) is 9.59 Å². The lowest BCUT2D eigenvalue weighted by Crippen LogP contribution is -2.23. The summed E-state index contributed by atoms with van der Waals surface area (Å²) in [5.74, 6) is -0.0589. The van der Waals surface area contributed by atoms with Crippen LogP contribution in [0, 0.1) is 6.92 Å². The van der Waals surface area contributed by atoms with Crippen molar-refractivity contribution in [3.63, 3.8) is 0 Å². The average Bonchev–Trinajstić information content (AvgIpc) is 2.55. The van der Waals surface area contributed by atoms with Crippen molar-refractivity contribution in [2.45, 2.75) is 6.92 Å². The summed E-state index contributed by atoms with van der Waals surface area (Å²) in [4.78, 5) is 24.1. The molecule has 0 saturated heterocycles. The second-order valence-electron chi connectivity index (χ2n) is 5.01. The van der Waals surface area contributed by atoms with Gasteiger partial charge < -0.3 is 14.8 Å². The Hall–Kier alpha value is -2.82. The number of hydrogen-bond acceptors (Lipinski definition) is 4. The Labute approximate surface area is 127 Å². The molecule has 2 aromatic carbocycles. The van der Waals surface area contributed by atoms with E-state index in [1.165, 1.54) is 0 Å². The fourth-order valence-corrected chi connectivity index (χ4v) is 2.15. The van der Waals surface area contributed by atoms with E-state index in [-0.39, 0.29) is 0 Å². The average molecular weight is 297 g/mol. The summed E-state index contributed by atoms with van der Waals surface area (Å²) in [6.07, 6.45) is 0. The van der Waals surface area contributed by atoms with Gasteiger partial charge in [-0.25, -0.2) is 0 Å². The van der Waals surface area contributed by atoms with Crippen molar-refractivity contribution in [2.75, 3.05) is 18.5 Å². The molecule has 0 aliphatic carbocycles. The first-order valence-corrected chi connectivity index (χ1v) is 6.95. The molecule has 5 nitrogen and oxygen atoms in total. The first-order chi connectivity index (χ1) is 10.6. The second-order valence-corrected chi connectivity index (χ2v) is 5.01. The minimum Gasteiger partial charge on any atom is -0.486 e. The number of ether oxygens (including phenoxy) is 2. The highest BCUT2D eigenvalue weighted by Gasteiger charge is 2.18. The summed E-state index contributed by atoms with van der Waals surface area (Å²) < 4.78 is 10.8. The van der Waals surface area contributed by atoms with Crippen LogP contribution in [0.15, 0.2) is 42.5 Å². The van der Waals surface area contributed by atoms with Crippen LogP contribution in [-0.2, 0) is 4.79 Å². The second kappa shape index (κ2) is 5.89. The normalized spacial score (nSPS) is 12.6. The minimum atomic E-state index is -0.680. The van der Waals surface area contributed by atoms with Crippen molar-refractivity contribution in [2.24, 2.45) is 0 Å². The molecule has 2 aromatic rings. The van der Waals surface area contributed by atoms with Crippen molar-refractivity contribution in [3.05, 3.63) is 53.6 Å². The molecule has 0 bridgehead atoms. The van der Waals surface area contributed by atoms with Gasteiger partial charge in [0.15, 0.2) is 11.5 Å². The van der Waals surface area contributed by atoms with Gasteiger partial charge in [0.05, 0.1) is 0 Å². The lowest BCUT2D eigenvalue weighted by atomic mass is 10.1. The lowest BCUT2D eigenvalue weighted by molar-refractivity contribution is -0.112.